The summed E-state index contributed by atoms with van der Waals surface area (Å²) in [6.07, 6.45) is -5.40. The summed E-state index contributed by atoms with van der Waals surface area (Å²) in [6, 6.07) is 10.7. The Morgan fingerprint density at radius 2 is 1.71 bits per heavy atom. The second kappa shape index (κ2) is 11.5. The first kappa shape index (κ1) is 28.2. The number of alkyl halides is 3. The summed E-state index contributed by atoms with van der Waals surface area (Å²) >= 11 is 12.5. The normalized spacial score (nSPS) is 15.5. The van der Waals surface area contributed by atoms with Crippen LogP contribution in [0.2, 0.25) is 10.0 Å². The number of nitrogens with one attached hydrogen (secondary N) is 1. The number of aromatic nitrogens is 2. The second-order valence-corrected chi connectivity index (χ2v) is 9.95. The highest BCUT2D eigenvalue weighted by Gasteiger charge is 2.35. The Kier molecular flexibility index (Phi) is 8.56. The van der Waals surface area contributed by atoms with Gasteiger partial charge in [0.2, 0.25) is 0 Å². The zero-order chi connectivity index (χ0) is 27.6. The van der Waals surface area contributed by atoms with Crippen molar-refractivity contribution in [3.05, 3.63) is 75.3 Å². The summed E-state index contributed by atoms with van der Waals surface area (Å²) in [5.74, 6) is -0.309. The molecule has 204 valence electrons. The lowest BCUT2D eigenvalue weighted by molar-refractivity contribution is -0.137. The van der Waals surface area contributed by atoms with Gasteiger partial charge in [0, 0.05) is 39.3 Å². The maximum absolute atomic E-state index is 13.5. The van der Waals surface area contributed by atoms with E-state index < -0.39 is 23.8 Å². The number of aliphatic hydroxyl groups excluding tert-OH is 1. The number of rotatable bonds is 7. The maximum atomic E-state index is 13.5. The van der Waals surface area contributed by atoms with Crippen LogP contribution in [0.3, 0.4) is 0 Å². The molecule has 1 saturated heterocycles. The first-order valence-electron chi connectivity index (χ1n) is 12.1. The molecule has 1 amide bonds. The standard InChI is InChI=1S/C26H28Cl2F3N5O2/c1-16-24(33-17(2)36(16)21-8-4-3-6-19(21)26(29,30)31)25(38)32-14-18(37)15-34-10-12-35(13-11-34)22-9-5-7-20(27)23(22)28/h3-9,18,37H,10-15H2,1-2H3,(H,32,38). The molecule has 3 aromatic rings. The van der Waals surface area contributed by atoms with Crippen LogP contribution in [-0.2, 0) is 6.18 Å². The molecule has 1 unspecified atom stereocenters. The van der Waals surface area contributed by atoms with Crippen LogP contribution in [0, 0.1) is 13.8 Å². The zero-order valence-corrected chi connectivity index (χ0v) is 22.4. The molecule has 1 fully saturated rings. The molecule has 2 heterocycles. The number of amides is 1. The quantitative estimate of drug-likeness (QED) is 0.430. The number of carbonyl (C=O) groups excluding carboxylic acids is 1. The van der Waals surface area contributed by atoms with Gasteiger partial charge in [-0.15, -0.1) is 0 Å². The van der Waals surface area contributed by atoms with E-state index in [0.29, 0.717) is 42.8 Å². The fourth-order valence-corrected chi connectivity index (χ4v) is 5.10. The molecule has 2 aromatic carbocycles. The molecule has 1 aliphatic heterocycles. The number of hydrogen-bond acceptors (Lipinski definition) is 5. The second-order valence-electron chi connectivity index (χ2n) is 9.17. The van der Waals surface area contributed by atoms with Gasteiger partial charge in [0.25, 0.3) is 5.91 Å². The average molecular weight is 570 g/mol. The molecular weight excluding hydrogens is 542 g/mol. The first-order chi connectivity index (χ1) is 18.0. The Balaban J connectivity index is 1.34. The third kappa shape index (κ3) is 6.09. The summed E-state index contributed by atoms with van der Waals surface area (Å²) < 4.78 is 42.0. The Bertz CT molecular complexity index is 1310. The van der Waals surface area contributed by atoms with Gasteiger partial charge in [-0.1, -0.05) is 41.4 Å². The Morgan fingerprint density at radius 3 is 2.39 bits per heavy atom. The number of nitrogens with zero attached hydrogens (tertiary/aromatic N) is 4. The van der Waals surface area contributed by atoms with E-state index in [1.54, 1.807) is 19.9 Å². The van der Waals surface area contributed by atoms with Crippen molar-refractivity contribution in [3.8, 4) is 5.69 Å². The molecule has 2 N–H and O–H groups in total. The van der Waals surface area contributed by atoms with Crippen LogP contribution < -0.4 is 10.2 Å². The molecule has 38 heavy (non-hydrogen) atoms. The van der Waals surface area contributed by atoms with Crippen LogP contribution in [0.1, 0.15) is 27.6 Å². The number of hydrogen-bond donors (Lipinski definition) is 2. The molecule has 0 radical (unpaired) electrons. The number of para-hydroxylation sites is 1. The van der Waals surface area contributed by atoms with Crippen LogP contribution in [0.5, 0.6) is 0 Å². The van der Waals surface area contributed by atoms with E-state index in [1.165, 1.54) is 22.8 Å². The van der Waals surface area contributed by atoms with E-state index in [9.17, 15) is 23.1 Å². The van der Waals surface area contributed by atoms with E-state index in [2.05, 4.69) is 20.1 Å². The SMILES string of the molecule is Cc1nc(C(=O)NCC(O)CN2CCN(c3cccc(Cl)c3Cl)CC2)c(C)n1-c1ccccc1C(F)(F)F. The van der Waals surface area contributed by atoms with E-state index in [0.717, 1.165) is 11.8 Å². The van der Waals surface area contributed by atoms with Crippen molar-refractivity contribution in [2.75, 3.05) is 44.2 Å². The average Bonchev–Trinajstić information content (AvgIpc) is 3.18. The van der Waals surface area contributed by atoms with Gasteiger partial charge in [-0.2, -0.15) is 13.2 Å². The molecule has 0 bridgehead atoms. The Labute approximate surface area is 228 Å². The van der Waals surface area contributed by atoms with Gasteiger partial charge in [0.1, 0.15) is 11.5 Å². The van der Waals surface area contributed by atoms with Gasteiger partial charge in [-0.25, -0.2) is 4.98 Å². The van der Waals surface area contributed by atoms with Crippen molar-refractivity contribution in [1.29, 1.82) is 0 Å². The number of β-amino-alcohol motifs (C(OH)–C–C–N with tert-alkyl or cyclic N) is 1. The number of anilines is 1. The van der Waals surface area contributed by atoms with Crippen molar-refractivity contribution in [2.24, 2.45) is 0 Å². The minimum Gasteiger partial charge on any atom is -0.390 e. The summed E-state index contributed by atoms with van der Waals surface area (Å²) in [4.78, 5) is 21.3. The van der Waals surface area contributed by atoms with E-state index >= 15 is 0 Å². The van der Waals surface area contributed by atoms with Crippen LogP contribution in [0.15, 0.2) is 42.5 Å². The van der Waals surface area contributed by atoms with Crippen molar-refractivity contribution in [1.82, 2.24) is 19.8 Å². The number of carbonyl (C=O) groups is 1. The van der Waals surface area contributed by atoms with Crippen LogP contribution in [-0.4, -0.2) is 70.8 Å². The fraction of sp³-hybridized carbons (Fsp3) is 0.385. The van der Waals surface area contributed by atoms with Gasteiger partial charge >= 0.3 is 6.18 Å². The number of aliphatic hydroxyl groups is 1. The molecule has 0 spiro atoms. The van der Waals surface area contributed by atoms with Crippen molar-refractivity contribution in [3.63, 3.8) is 0 Å². The Hall–Kier alpha value is -2.79. The third-order valence-corrected chi connectivity index (χ3v) is 7.36. The predicted molar refractivity (Wildman–Crippen MR) is 141 cm³/mol. The molecule has 1 aromatic heterocycles. The summed E-state index contributed by atoms with van der Waals surface area (Å²) in [6.45, 7) is 6.20. The molecule has 12 heteroatoms. The molecule has 7 nitrogen and oxygen atoms in total. The van der Waals surface area contributed by atoms with E-state index in [-0.39, 0.29) is 29.4 Å². The van der Waals surface area contributed by atoms with Gasteiger partial charge in [-0.3, -0.25) is 14.3 Å². The number of imidazole rings is 1. The smallest absolute Gasteiger partial charge is 0.390 e. The van der Waals surface area contributed by atoms with Crippen LogP contribution in [0.4, 0.5) is 18.9 Å². The molecule has 0 aliphatic carbocycles. The monoisotopic (exact) mass is 569 g/mol. The maximum Gasteiger partial charge on any atom is 0.418 e. The largest absolute Gasteiger partial charge is 0.418 e. The first-order valence-corrected chi connectivity index (χ1v) is 12.8. The lowest BCUT2D eigenvalue weighted by atomic mass is 10.1. The molecular formula is C26H28Cl2F3N5O2. The Morgan fingerprint density at radius 1 is 1.05 bits per heavy atom. The van der Waals surface area contributed by atoms with E-state index in [1.807, 2.05) is 12.1 Å². The van der Waals surface area contributed by atoms with Gasteiger partial charge < -0.3 is 15.3 Å². The summed E-state index contributed by atoms with van der Waals surface area (Å²) in [7, 11) is 0. The molecule has 4 rings (SSSR count). The number of benzene rings is 2. The van der Waals surface area contributed by atoms with Crippen LogP contribution >= 0.6 is 23.2 Å². The minimum atomic E-state index is -4.56. The summed E-state index contributed by atoms with van der Waals surface area (Å²) in [5, 5.41) is 14.2. The molecule has 0 saturated carbocycles. The topological polar surface area (TPSA) is 73.6 Å². The summed E-state index contributed by atoms with van der Waals surface area (Å²) in [5.41, 5.74) is 0.249. The van der Waals surface area contributed by atoms with Crippen molar-refractivity contribution in [2.45, 2.75) is 26.1 Å². The van der Waals surface area contributed by atoms with Crippen molar-refractivity contribution < 1.29 is 23.1 Å². The molecule has 1 atom stereocenters. The lowest BCUT2D eigenvalue weighted by Crippen LogP contribution is -2.50. The van der Waals surface area contributed by atoms with Crippen LogP contribution in [0.25, 0.3) is 5.69 Å². The highest BCUT2D eigenvalue weighted by atomic mass is 35.5. The van der Waals surface area contributed by atoms with Gasteiger partial charge in [0.05, 0.1) is 38.8 Å². The zero-order valence-electron chi connectivity index (χ0n) is 20.9. The van der Waals surface area contributed by atoms with E-state index in [4.69, 9.17) is 23.2 Å². The van der Waals surface area contributed by atoms with Crippen molar-refractivity contribution >= 4 is 34.8 Å². The lowest BCUT2D eigenvalue weighted by Gasteiger charge is -2.37. The number of halogens is 5. The fourth-order valence-electron chi connectivity index (χ4n) is 4.68. The third-order valence-electron chi connectivity index (χ3n) is 6.55. The number of piperazine rings is 1. The predicted octanol–water partition coefficient (Wildman–Crippen LogP) is 4.73. The number of aryl methyl sites for hydroxylation is 1. The van der Waals surface area contributed by atoms with Gasteiger partial charge in [0.15, 0.2) is 0 Å². The van der Waals surface area contributed by atoms with Gasteiger partial charge in [-0.05, 0) is 38.1 Å². The minimum absolute atomic E-state index is 0.0127. The molecule has 1 aliphatic rings. The highest BCUT2D eigenvalue weighted by molar-refractivity contribution is 6.43. The highest BCUT2D eigenvalue weighted by Crippen LogP contribution is 2.35.